The number of carbonyl (C=O) groups excluding carboxylic acids is 2. The molecular formula is C27H30O14. The molecule has 2 fully saturated rings. The zero-order chi connectivity index (χ0) is 29.9. The largest absolute Gasteiger partial charge is 0.508 e. The molecule has 8 N–H and O–H groups in total. The van der Waals surface area contributed by atoms with Crippen molar-refractivity contribution in [1.29, 1.82) is 0 Å². The van der Waals surface area contributed by atoms with Crippen molar-refractivity contribution in [3.05, 3.63) is 52.1 Å². The van der Waals surface area contributed by atoms with Crippen molar-refractivity contribution < 1.29 is 69.4 Å². The summed E-state index contributed by atoms with van der Waals surface area (Å²) in [7, 11) is 0. The van der Waals surface area contributed by atoms with Gasteiger partial charge in [0.15, 0.2) is 24.0 Å². The van der Waals surface area contributed by atoms with Gasteiger partial charge in [-0.05, 0) is 38.1 Å². The highest BCUT2D eigenvalue weighted by molar-refractivity contribution is 6.29. The lowest BCUT2D eigenvalue weighted by molar-refractivity contribution is -0.354. The molecule has 1 aliphatic carbocycles. The van der Waals surface area contributed by atoms with Gasteiger partial charge in [0.2, 0.25) is 6.29 Å². The number of aliphatic hydroxyl groups excluding tert-OH is 6. The molecule has 0 unspecified atom stereocenters. The molecule has 2 aromatic carbocycles. The first-order chi connectivity index (χ1) is 19.3. The van der Waals surface area contributed by atoms with Crippen LogP contribution in [0.4, 0.5) is 0 Å². The summed E-state index contributed by atoms with van der Waals surface area (Å²) >= 11 is 0. The van der Waals surface area contributed by atoms with Gasteiger partial charge < -0.3 is 59.8 Å². The second-order valence-corrected chi connectivity index (χ2v) is 10.3. The second kappa shape index (κ2) is 10.9. The first-order valence-corrected chi connectivity index (χ1v) is 12.8. The van der Waals surface area contributed by atoms with Gasteiger partial charge in [-0.15, -0.1) is 0 Å². The fraction of sp³-hybridized carbons (Fsp3) is 0.481. The lowest BCUT2D eigenvalue weighted by Gasteiger charge is -2.45. The van der Waals surface area contributed by atoms with Crippen LogP contribution in [0.3, 0.4) is 0 Å². The number of rotatable bonds is 5. The van der Waals surface area contributed by atoms with Gasteiger partial charge in [-0.1, -0.05) is 0 Å². The molecule has 0 spiro atoms. The van der Waals surface area contributed by atoms with E-state index < -0.39 is 85.3 Å². The van der Waals surface area contributed by atoms with Crippen LogP contribution < -0.4 is 4.74 Å². The Kier molecular flexibility index (Phi) is 7.80. The van der Waals surface area contributed by atoms with Gasteiger partial charge in [0.05, 0.1) is 18.3 Å². The molecule has 41 heavy (non-hydrogen) atoms. The van der Waals surface area contributed by atoms with E-state index in [2.05, 4.69) is 0 Å². The average Bonchev–Trinajstić information content (AvgIpc) is 2.94. The van der Waals surface area contributed by atoms with Crippen molar-refractivity contribution >= 4 is 11.6 Å². The quantitative estimate of drug-likeness (QED) is 0.167. The van der Waals surface area contributed by atoms with Gasteiger partial charge in [0, 0.05) is 22.3 Å². The minimum atomic E-state index is -1.80. The Bertz CT molecular complexity index is 1360. The molecule has 2 aromatic rings. The summed E-state index contributed by atoms with van der Waals surface area (Å²) in [5.41, 5.74) is -0.626. The molecular weight excluding hydrogens is 548 g/mol. The molecule has 0 aromatic heterocycles. The highest BCUT2D eigenvalue weighted by Crippen LogP contribution is 2.41. The number of ether oxygens (including phenoxy) is 4. The monoisotopic (exact) mass is 578 g/mol. The van der Waals surface area contributed by atoms with Crippen molar-refractivity contribution in [2.75, 3.05) is 6.61 Å². The Morgan fingerprint density at radius 1 is 0.805 bits per heavy atom. The third kappa shape index (κ3) is 4.86. The summed E-state index contributed by atoms with van der Waals surface area (Å²) < 4.78 is 22.6. The molecule has 14 heteroatoms. The number of benzene rings is 2. The number of hydrogen-bond donors (Lipinski definition) is 8. The highest BCUT2D eigenvalue weighted by atomic mass is 16.8. The molecule has 0 saturated carbocycles. The fourth-order valence-electron chi connectivity index (χ4n) is 5.17. The predicted octanol–water partition coefficient (Wildman–Crippen LogP) is -1.79. The van der Waals surface area contributed by atoms with Crippen molar-refractivity contribution in [3.63, 3.8) is 0 Å². The van der Waals surface area contributed by atoms with Crippen LogP contribution >= 0.6 is 0 Å². The SMILES string of the molecule is Cc1c(O[C@@H]2O[C@@H](CO)[C@H](O)[C@H](O)[C@@H]2O[C@@H]2O[C@@H](C)[C@H](O)[C@H](O)[C@@H]2O)cc2c(c1O)C(=O)c1ccc(O)cc1C2=O. The van der Waals surface area contributed by atoms with E-state index in [4.69, 9.17) is 18.9 Å². The Morgan fingerprint density at radius 3 is 2.20 bits per heavy atom. The predicted molar refractivity (Wildman–Crippen MR) is 133 cm³/mol. The normalized spacial score (nSPS) is 35.1. The van der Waals surface area contributed by atoms with Crippen LogP contribution in [-0.2, 0) is 14.2 Å². The smallest absolute Gasteiger partial charge is 0.229 e. The first-order valence-electron chi connectivity index (χ1n) is 12.8. The minimum absolute atomic E-state index is 0.00300. The van der Waals surface area contributed by atoms with E-state index in [9.17, 15) is 50.4 Å². The Hall–Kier alpha value is -3.18. The third-order valence-electron chi connectivity index (χ3n) is 7.64. The summed E-state index contributed by atoms with van der Waals surface area (Å²) in [5.74, 6) is -2.36. The summed E-state index contributed by atoms with van der Waals surface area (Å²) in [6, 6.07) is 4.79. The minimum Gasteiger partial charge on any atom is -0.508 e. The molecule has 0 radical (unpaired) electrons. The summed E-state index contributed by atoms with van der Waals surface area (Å²) in [6.45, 7) is 2.04. The van der Waals surface area contributed by atoms with E-state index in [1.54, 1.807) is 0 Å². The zero-order valence-electron chi connectivity index (χ0n) is 21.8. The number of hydrogen-bond acceptors (Lipinski definition) is 14. The van der Waals surface area contributed by atoms with Gasteiger partial charge >= 0.3 is 0 Å². The fourth-order valence-corrected chi connectivity index (χ4v) is 5.17. The van der Waals surface area contributed by atoms with Gasteiger partial charge in [-0.25, -0.2) is 0 Å². The topological polar surface area (TPSA) is 233 Å². The molecule has 14 nitrogen and oxygen atoms in total. The van der Waals surface area contributed by atoms with E-state index in [0.29, 0.717) is 0 Å². The van der Waals surface area contributed by atoms with Gasteiger partial charge in [0.1, 0.15) is 53.9 Å². The van der Waals surface area contributed by atoms with Crippen LogP contribution in [0.2, 0.25) is 0 Å². The van der Waals surface area contributed by atoms with E-state index >= 15 is 0 Å². The second-order valence-electron chi connectivity index (χ2n) is 10.3. The number of aliphatic hydroxyl groups is 6. The lowest BCUT2D eigenvalue weighted by Crippen LogP contribution is -2.64. The molecule has 2 saturated heterocycles. The van der Waals surface area contributed by atoms with E-state index in [1.807, 2.05) is 0 Å². The number of fused-ring (bicyclic) bond motifs is 2. The van der Waals surface area contributed by atoms with Crippen molar-refractivity contribution in [3.8, 4) is 17.2 Å². The molecule has 0 amide bonds. The number of ketones is 2. The van der Waals surface area contributed by atoms with Crippen LogP contribution in [-0.4, -0.2) is 120 Å². The zero-order valence-corrected chi connectivity index (χ0v) is 21.8. The van der Waals surface area contributed by atoms with Crippen LogP contribution in [0.15, 0.2) is 24.3 Å². The first kappa shape index (κ1) is 29.3. The lowest BCUT2D eigenvalue weighted by atomic mass is 9.82. The number of aromatic hydroxyl groups is 2. The van der Waals surface area contributed by atoms with E-state index in [1.165, 1.54) is 26.0 Å². The maximum atomic E-state index is 13.3. The summed E-state index contributed by atoms with van der Waals surface area (Å²) in [6.07, 6.45) is -15.7. The standard InChI is InChI=1S/C27H30O14/c1-8-14(6-13-16(17(8)30)20(33)11-4-3-10(29)5-12(11)19(13)32)39-27-25(23(36)21(34)15(7-28)40-27)41-26-24(37)22(35)18(31)9(2)38-26/h3-6,9,15,18,21-31,34-37H,7H2,1-2H3/t9-,15-,18-,21-,22-,23-,24-,25-,26-,27+/m0/s1. The van der Waals surface area contributed by atoms with Gasteiger partial charge in [-0.3, -0.25) is 9.59 Å². The number of phenols is 2. The van der Waals surface area contributed by atoms with Crippen LogP contribution in [0.25, 0.3) is 0 Å². The van der Waals surface area contributed by atoms with Gasteiger partial charge in [-0.2, -0.15) is 0 Å². The van der Waals surface area contributed by atoms with Crippen LogP contribution in [0.5, 0.6) is 17.2 Å². The van der Waals surface area contributed by atoms with Gasteiger partial charge in [0.25, 0.3) is 0 Å². The molecule has 5 rings (SSSR count). The van der Waals surface area contributed by atoms with Crippen LogP contribution in [0.1, 0.15) is 44.3 Å². The molecule has 0 bridgehead atoms. The Labute approximate surface area is 232 Å². The summed E-state index contributed by atoms with van der Waals surface area (Å²) in [5, 5.41) is 82.3. The number of carbonyl (C=O) groups is 2. The van der Waals surface area contributed by atoms with Crippen molar-refractivity contribution in [2.45, 2.75) is 75.3 Å². The average molecular weight is 579 g/mol. The summed E-state index contributed by atoms with van der Waals surface area (Å²) in [4.78, 5) is 26.4. The maximum Gasteiger partial charge on any atom is 0.229 e. The Morgan fingerprint density at radius 2 is 1.51 bits per heavy atom. The van der Waals surface area contributed by atoms with Crippen molar-refractivity contribution in [2.24, 2.45) is 0 Å². The third-order valence-corrected chi connectivity index (χ3v) is 7.64. The molecule has 222 valence electrons. The molecule has 2 aliphatic heterocycles. The molecule has 2 heterocycles. The Balaban J connectivity index is 1.50. The van der Waals surface area contributed by atoms with Crippen LogP contribution in [0, 0.1) is 6.92 Å². The highest BCUT2D eigenvalue weighted by Gasteiger charge is 2.51. The molecule has 10 atom stereocenters. The van der Waals surface area contributed by atoms with E-state index in [-0.39, 0.29) is 39.3 Å². The van der Waals surface area contributed by atoms with E-state index in [0.717, 1.165) is 12.1 Å². The molecule has 3 aliphatic rings. The maximum absolute atomic E-state index is 13.3. The number of phenolic OH excluding ortho intramolecular Hbond substituents is 2. The van der Waals surface area contributed by atoms with Crippen molar-refractivity contribution in [1.82, 2.24) is 0 Å².